The van der Waals surface area contributed by atoms with E-state index in [9.17, 15) is 4.39 Å². The maximum atomic E-state index is 12.8. The number of nitrogen functional groups attached to an aromatic ring is 1. The van der Waals surface area contributed by atoms with Gasteiger partial charge in [-0.15, -0.1) is 0 Å². The molecule has 1 aromatic rings. The highest BCUT2D eigenvalue weighted by atomic mass is 35.5. The average molecular weight is 204 g/mol. The van der Waals surface area contributed by atoms with Crippen LogP contribution >= 0.6 is 11.6 Å². The Balaban J connectivity index is 3.01. The van der Waals surface area contributed by atoms with Crippen LogP contribution in [0.2, 0.25) is 5.02 Å². The molecule has 1 rings (SSSR count). The minimum atomic E-state index is -0.511. The van der Waals surface area contributed by atoms with Crippen molar-refractivity contribution in [2.24, 2.45) is 0 Å². The topological polar surface area (TPSA) is 41.3 Å². The van der Waals surface area contributed by atoms with Gasteiger partial charge in [-0.05, 0) is 6.07 Å². The number of hydrogen-bond donors (Lipinski definition) is 2. The molecule has 0 aliphatic carbocycles. The zero-order valence-corrected chi connectivity index (χ0v) is 8.19. The first-order valence-electron chi connectivity index (χ1n) is 3.69. The van der Waals surface area contributed by atoms with Gasteiger partial charge in [0.15, 0.2) is 0 Å². The standard InChI is InChI=1S/C8H11ClFN3/c1-13(2)12-8-3-5(9)6(10)4-7(8)11/h3-4,12H,11H2,1-2H3. The highest BCUT2D eigenvalue weighted by molar-refractivity contribution is 6.31. The molecular weight excluding hydrogens is 193 g/mol. The van der Waals surface area contributed by atoms with Crippen LogP contribution < -0.4 is 11.2 Å². The maximum absolute atomic E-state index is 12.8. The quantitative estimate of drug-likeness (QED) is 0.570. The monoisotopic (exact) mass is 203 g/mol. The smallest absolute Gasteiger partial charge is 0.143 e. The minimum absolute atomic E-state index is 0.0542. The number of hydrazine groups is 1. The van der Waals surface area contributed by atoms with E-state index in [0.29, 0.717) is 11.4 Å². The molecule has 0 heterocycles. The second kappa shape index (κ2) is 3.81. The van der Waals surface area contributed by atoms with Crippen molar-refractivity contribution in [3.05, 3.63) is 23.0 Å². The molecule has 0 unspecified atom stereocenters. The summed E-state index contributed by atoms with van der Waals surface area (Å²) >= 11 is 5.58. The molecule has 0 radical (unpaired) electrons. The van der Waals surface area contributed by atoms with Crippen molar-refractivity contribution in [2.75, 3.05) is 25.3 Å². The highest BCUT2D eigenvalue weighted by Gasteiger charge is 2.05. The normalized spacial score (nSPS) is 10.5. The number of nitrogens with one attached hydrogen (secondary N) is 1. The summed E-state index contributed by atoms with van der Waals surface area (Å²) in [4.78, 5) is 0. The third-order valence-corrected chi connectivity index (χ3v) is 1.73. The van der Waals surface area contributed by atoms with Gasteiger partial charge in [-0.25, -0.2) is 9.40 Å². The fourth-order valence-corrected chi connectivity index (χ4v) is 1.06. The van der Waals surface area contributed by atoms with Crippen molar-refractivity contribution in [1.82, 2.24) is 5.01 Å². The Kier molecular flexibility index (Phi) is 2.95. The van der Waals surface area contributed by atoms with Gasteiger partial charge in [0.2, 0.25) is 0 Å². The molecule has 0 amide bonds. The first kappa shape index (κ1) is 10.1. The third-order valence-electron chi connectivity index (χ3n) is 1.44. The molecule has 0 atom stereocenters. The lowest BCUT2D eigenvalue weighted by Crippen LogP contribution is -2.20. The lowest BCUT2D eigenvalue weighted by molar-refractivity contribution is 0.495. The molecule has 72 valence electrons. The van der Waals surface area contributed by atoms with Crippen molar-refractivity contribution < 1.29 is 4.39 Å². The first-order chi connectivity index (χ1) is 6.00. The van der Waals surface area contributed by atoms with Crippen LogP contribution in [0.4, 0.5) is 15.8 Å². The lowest BCUT2D eigenvalue weighted by atomic mass is 10.2. The molecule has 0 spiro atoms. The summed E-state index contributed by atoms with van der Waals surface area (Å²) in [5.41, 5.74) is 9.37. The predicted molar refractivity (Wildman–Crippen MR) is 53.1 cm³/mol. The van der Waals surface area contributed by atoms with Gasteiger partial charge < -0.3 is 11.2 Å². The van der Waals surface area contributed by atoms with E-state index in [0.717, 1.165) is 0 Å². The predicted octanol–water partition coefficient (Wildman–Crippen LogP) is 1.95. The van der Waals surface area contributed by atoms with E-state index in [-0.39, 0.29) is 5.02 Å². The fraction of sp³-hybridized carbons (Fsp3) is 0.250. The average Bonchev–Trinajstić information content (AvgIpc) is 1.99. The van der Waals surface area contributed by atoms with Crippen LogP contribution in [0.25, 0.3) is 0 Å². The van der Waals surface area contributed by atoms with Gasteiger partial charge in [-0.3, -0.25) is 0 Å². The van der Waals surface area contributed by atoms with Gasteiger partial charge in [0.25, 0.3) is 0 Å². The van der Waals surface area contributed by atoms with E-state index >= 15 is 0 Å². The SMILES string of the molecule is CN(C)Nc1cc(Cl)c(F)cc1N. The number of anilines is 2. The molecule has 0 aliphatic rings. The van der Waals surface area contributed by atoms with Crippen LogP contribution in [0, 0.1) is 5.82 Å². The molecule has 5 heteroatoms. The summed E-state index contributed by atoms with van der Waals surface area (Å²) in [6.45, 7) is 0. The van der Waals surface area contributed by atoms with Crippen molar-refractivity contribution in [3.8, 4) is 0 Å². The van der Waals surface area contributed by atoms with Gasteiger partial charge in [0, 0.05) is 20.2 Å². The summed E-state index contributed by atoms with van der Waals surface area (Å²) in [5, 5.41) is 1.75. The number of benzene rings is 1. The van der Waals surface area contributed by atoms with Gasteiger partial charge >= 0.3 is 0 Å². The lowest BCUT2D eigenvalue weighted by Gasteiger charge is -2.15. The van der Waals surface area contributed by atoms with Crippen LogP contribution in [0.1, 0.15) is 0 Å². The number of nitrogens with zero attached hydrogens (tertiary/aromatic N) is 1. The Morgan fingerprint density at radius 3 is 2.62 bits per heavy atom. The molecular formula is C8H11ClFN3. The fourth-order valence-electron chi connectivity index (χ4n) is 0.900. The molecule has 0 saturated heterocycles. The van der Waals surface area contributed by atoms with E-state index in [1.54, 1.807) is 19.1 Å². The Labute approximate surface area is 81.2 Å². The Morgan fingerprint density at radius 1 is 1.46 bits per heavy atom. The minimum Gasteiger partial charge on any atom is -0.397 e. The van der Waals surface area contributed by atoms with Crippen molar-refractivity contribution >= 4 is 23.0 Å². The molecule has 0 saturated carbocycles. The van der Waals surface area contributed by atoms with Crippen molar-refractivity contribution in [3.63, 3.8) is 0 Å². The second-order valence-corrected chi connectivity index (χ2v) is 3.27. The summed E-state index contributed by atoms with van der Waals surface area (Å²) in [6, 6.07) is 2.64. The van der Waals surface area contributed by atoms with Crippen LogP contribution in [0.5, 0.6) is 0 Å². The van der Waals surface area contributed by atoms with Crippen LogP contribution in [-0.4, -0.2) is 19.1 Å². The van der Waals surface area contributed by atoms with Crippen molar-refractivity contribution in [1.29, 1.82) is 0 Å². The molecule has 0 aliphatic heterocycles. The summed E-state index contributed by atoms with van der Waals surface area (Å²) in [6.07, 6.45) is 0. The van der Waals surface area contributed by atoms with Gasteiger partial charge in [-0.1, -0.05) is 11.6 Å². The summed E-state index contributed by atoms with van der Waals surface area (Å²) < 4.78 is 12.8. The number of hydrogen-bond acceptors (Lipinski definition) is 3. The van der Waals surface area contributed by atoms with E-state index < -0.39 is 5.82 Å². The van der Waals surface area contributed by atoms with Crippen LogP contribution in [0.15, 0.2) is 12.1 Å². The molecule has 3 N–H and O–H groups in total. The van der Waals surface area contributed by atoms with Gasteiger partial charge in [-0.2, -0.15) is 0 Å². The van der Waals surface area contributed by atoms with E-state index in [1.807, 2.05) is 0 Å². The molecule has 0 bridgehead atoms. The van der Waals surface area contributed by atoms with E-state index in [4.69, 9.17) is 17.3 Å². The Morgan fingerprint density at radius 2 is 2.08 bits per heavy atom. The van der Waals surface area contributed by atoms with Crippen LogP contribution in [-0.2, 0) is 0 Å². The van der Waals surface area contributed by atoms with Crippen molar-refractivity contribution in [2.45, 2.75) is 0 Å². The second-order valence-electron chi connectivity index (χ2n) is 2.86. The summed E-state index contributed by atoms with van der Waals surface area (Å²) in [5.74, 6) is -0.511. The number of nitrogens with two attached hydrogens (primary N) is 1. The number of halogens is 2. The van der Waals surface area contributed by atoms with Crippen LogP contribution in [0.3, 0.4) is 0 Å². The van der Waals surface area contributed by atoms with E-state index in [2.05, 4.69) is 5.43 Å². The molecule has 3 nitrogen and oxygen atoms in total. The first-order valence-corrected chi connectivity index (χ1v) is 4.07. The zero-order chi connectivity index (χ0) is 10.0. The summed E-state index contributed by atoms with van der Waals surface area (Å²) in [7, 11) is 3.60. The molecule has 0 fully saturated rings. The Bertz CT molecular complexity index is 315. The maximum Gasteiger partial charge on any atom is 0.143 e. The molecule has 13 heavy (non-hydrogen) atoms. The molecule has 0 aromatic heterocycles. The highest BCUT2D eigenvalue weighted by Crippen LogP contribution is 2.26. The third kappa shape index (κ3) is 2.47. The zero-order valence-electron chi connectivity index (χ0n) is 7.44. The largest absolute Gasteiger partial charge is 0.397 e. The van der Waals surface area contributed by atoms with Gasteiger partial charge in [0.1, 0.15) is 5.82 Å². The molecule has 1 aromatic carbocycles. The van der Waals surface area contributed by atoms with Gasteiger partial charge in [0.05, 0.1) is 16.4 Å². The van der Waals surface area contributed by atoms with E-state index in [1.165, 1.54) is 12.1 Å². The Hall–Kier alpha value is -1.00. The number of rotatable bonds is 2.